The van der Waals surface area contributed by atoms with Gasteiger partial charge in [0.15, 0.2) is 0 Å². The molecule has 1 aromatic rings. The average molecular weight is 301 g/mol. The third kappa shape index (κ3) is 3.85. The number of methoxy groups -OCH3 is 2. The molecular formula is C12H13BrO4. The maximum absolute atomic E-state index is 11.5. The fraction of sp³-hybridized carbons (Fsp3) is 0.333. The summed E-state index contributed by atoms with van der Waals surface area (Å²) in [5.74, 6) is -0.713. The molecule has 0 spiro atoms. The van der Waals surface area contributed by atoms with Crippen molar-refractivity contribution in [2.45, 2.75) is 12.8 Å². The van der Waals surface area contributed by atoms with Crippen LogP contribution in [0.2, 0.25) is 0 Å². The third-order valence-corrected chi connectivity index (χ3v) is 2.80. The van der Waals surface area contributed by atoms with Crippen molar-refractivity contribution >= 4 is 27.9 Å². The lowest BCUT2D eigenvalue weighted by Crippen LogP contribution is -2.08. The van der Waals surface area contributed by atoms with Crippen LogP contribution in [0, 0.1) is 0 Å². The number of hydrogen-bond acceptors (Lipinski definition) is 4. The molecule has 0 fully saturated rings. The van der Waals surface area contributed by atoms with Gasteiger partial charge in [0, 0.05) is 10.9 Å². The van der Waals surface area contributed by atoms with Gasteiger partial charge in [0.05, 0.1) is 19.8 Å². The molecular weight excluding hydrogens is 288 g/mol. The largest absolute Gasteiger partial charge is 0.469 e. The van der Waals surface area contributed by atoms with Gasteiger partial charge in [0.2, 0.25) is 0 Å². The van der Waals surface area contributed by atoms with E-state index >= 15 is 0 Å². The zero-order chi connectivity index (χ0) is 12.8. The van der Waals surface area contributed by atoms with Gasteiger partial charge in [0.25, 0.3) is 0 Å². The Hall–Kier alpha value is -1.36. The maximum atomic E-state index is 11.5. The number of carbonyl (C=O) groups is 2. The van der Waals surface area contributed by atoms with Gasteiger partial charge < -0.3 is 9.47 Å². The van der Waals surface area contributed by atoms with Crippen molar-refractivity contribution in [1.82, 2.24) is 0 Å². The lowest BCUT2D eigenvalue weighted by Gasteiger charge is -2.07. The second-order valence-electron chi connectivity index (χ2n) is 3.37. The van der Waals surface area contributed by atoms with Crippen LogP contribution in [-0.2, 0) is 20.7 Å². The van der Waals surface area contributed by atoms with E-state index in [2.05, 4.69) is 25.4 Å². The third-order valence-electron chi connectivity index (χ3n) is 2.30. The minimum Gasteiger partial charge on any atom is -0.469 e. The number of halogens is 1. The highest BCUT2D eigenvalue weighted by molar-refractivity contribution is 9.10. The monoisotopic (exact) mass is 300 g/mol. The van der Waals surface area contributed by atoms with Gasteiger partial charge in [-0.1, -0.05) is 22.0 Å². The van der Waals surface area contributed by atoms with E-state index in [0.29, 0.717) is 12.0 Å². The zero-order valence-electron chi connectivity index (χ0n) is 9.66. The summed E-state index contributed by atoms with van der Waals surface area (Å²) < 4.78 is 10.0. The highest BCUT2D eigenvalue weighted by atomic mass is 79.9. The molecule has 0 aliphatic rings. The Morgan fingerprint density at radius 1 is 1.24 bits per heavy atom. The van der Waals surface area contributed by atoms with Crippen LogP contribution in [0.1, 0.15) is 22.3 Å². The van der Waals surface area contributed by atoms with Crippen molar-refractivity contribution in [2.24, 2.45) is 0 Å². The predicted molar refractivity (Wildman–Crippen MR) is 65.8 cm³/mol. The van der Waals surface area contributed by atoms with E-state index in [1.165, 1.54) is 14.2 Å². The molecule has 0 heterocycles. The lowest BCUT2D eigenvalue weighted by molar-refractivity contribution is -0.140. The Balaban J connectivity index is 2.90. The molecule has 5 heteroatoms. The van der Waals surface area contributed by atoms with Gasteiger partial charge >= 0.3 is 11.9 Å². The van der Waals surface area contributed by atoms with Gasteiger partial charge in [-0.2, -0.15) is 0 Å². The van der Waals surface area contributed by atoms with Crippen molar-refractivity contribution in [2.75, 3.05) is 14.2 Å². The van der Waals surface area contributed by atoms with E-state index in [0.717, 1.165) is 10.0 Å². The summed E-state index contributed by atoms with van der Waals surface area (Å²) in [5.41, 5.74) is 1.23. The van der Waals surface area contributed by atoms with Crippen LogP contribution in [0.5, 0.6) is 0 Å². The van der Waals surface area contributed by atoms with Gasteiger partial charge in [-0.15, -0.1) is 0 Å². The molecule has 0 aromatic heterocycles. The van der Waals surface area contributed by atoms with Crippen LogP contribution >= 0.6 is 15.9 Å². The Kier molecular flexibility index (Phi) is 5.15. The first-order valence-corrected chi connectivity index (χ1v) is 5.81. The van der Waals surface area contributed by atoms with Crippen molar-refractivity contribution in [1.29, 1.82) is 0 Å². The molecule has 4 nitrogen and oxygen atoms in total. The molecule has 1 rings (SSSR count). The quantitative estimate of drug-likeness (QED) is 0.801. The molecule has 0 aliphatic carbocycles. The van der Waals surface area contributed by atoms with Crippen molar-refractivity contribution in [3.63, 3.8) is 0 Å². The Morgan fingerprint density at radius 2 is 1.94 bits per heavy atom. The lowest BCUT2D eigenvalue weighted by atomic mass is 10.0. The Bertz CT molecular complexity index is 429. The highest BCUT2D eigenvalue weighted by Crippen LogP contribution is 2.19. The number of carbonyl (C=O) groups excluding carboxylic acids is 2. The van der Waals surface area contributed by atoms with Gasteiger partial charge in [-0.25, -0.2) is 4.79 Å². The summed E-state index contributed by atoms with van der Waals surface area (Å²) in [5, 5.41) is 0. The summed E-state index contributed by atoms with van der Waals surface area (Å²) in [6.07, 6.45) is 0.687. The normalized spacial score (nSPS) is 9.82. The number of rotatable bonds is 4. The molecule has 92 valence electrons. The molecule has 0 N–H and O–H groups in total. The SMILES string of the molecule is COC(=O)CCc1ccc(Br)cc1C(=O)OC. The summed E-state index contributed by atoms with van der Waals surface area (Å²) in [6.45, 7) is 0. The van der Waals surface area contributed by atoms with E-state index < -0.39 is 5.97 Å². The molecule has 0 saturated carbocycles. The van der Waals surface area contributed by atoms with Crippen LogP contribution in [0.25, 0.3) is 0 Å². The fourth-order valence-corrected chi connectivity index (χ4v) is 1.77. The standard InChI is InChI=1S/C12H13BrO4/c1-16-11(14)6-4-8-3-5-9(13)7-10(8)12(15)17-2/h3,5,7H,4,6H2,1-2H3. The first kappa shape index (κ1) is 13.7. The molecule has 0 aliphatic heterocycles. The molecule has 0 amide bonds. The Morgan fingerprint density at radius 3 is 2.53 bits per heavy atom. The first-order chi connectivity index (χ1) is 8.08. The molecule has 17 heavy (non-hydrogen) atoms. The molecule has 0 atom stereocenters. The summed E-state index contributed by atoms with van der Waals surface area (Å²) >= 11 is 3.29. The van der Waals surface area contributed by atoms with Crippen LogP contribution < -0.4 is 0 Å². The van der Waals surface area contributed by atoms with Gasteiger partial charge in [0.1, 0.15) is 0 Å². The van der Waals surface area contributed by atoms with Crippen LogP contribution in [-0.4, -0.2) is 26.2 Å². The molecule has 0 unspecified atom stereocenters. The minimum atomic E-state index is -0.411. The summed E-state index contributed by atoms with van der Waals surface area (Å²) in [6, 6.07) is 5.29. The van der Waals surface area contributed by atoms with E-state index in [1.54, 1.807) is 12.1 Å². The van der Waals surface area contributed by atoms with Crippen molar-refractivity contribution in [3.8, 4) is 0 Å². The molecule has 0 saturated heterocycles. The van der Waals surface area contributed by atoms with E-state index in [9.17, 15) is 9.59 Å². The summed E-state index contributed by atoms with van der Waals surface area (Å²) in [4.78, 5) is 22.6. The number of aryl methyl sites for hydroxylation is 1. The van der Waals surface area contributed by atoms with Crippen LogP contribution in [0.3, 0.4) is 0 Å². The second-order valence-corrected chi connectivity index (χ2v) is 4.28. The van der Waals surface area contributed by atoms with E-state index in [1.807, 2.05) is 6.07 Å². The highest BCUT2D eigenvalue weighted by Gasteiger charge is 2.13. The second kappa shape index (κ2) is 6.39. The smallest absolute Gasteiger partial charge is 0.338 e. The van der Waals surface area contributed by atoms with Gasteiger partial charge in [-0.3, -0.25) is 4.79 Å². The maximum Gasteiger partial charge on any atom is 0.338 e. The van der Waals surface area contributed by atoms with Crippen molar-refractivity contribution < 1.29 is 19.1 Å². The minimum absolute atomic E-state index is 0.238. The molecule has 1 aromatic carbocycles. The van der Waals surface area contributed by atoms with Crippen LogP contribution in [0.4, 0.5) is 0 Å². The number of ether oxygens (including phenoxy) is 2. The van der Waals surface area contributed by atoms with Gasteiger partial charge in [-0.05, 0) is 24.1 Å². The number of hydrogen-bond donors (Lipinski definition) is 0. The first-order valence-electron chi connectivity index (χ1n) is 5.02. The van der Waals surface area contributed by atoms with E-state index in [-0.39, 0.29) is 12.4 Å². The number of benzene rings is 1. The average Bonchev–Trinajstić information content (AvgIpc) is 2.35. The van der Waals surface area contributed by atoms with Crippen LogP contribution in [0.15, 0.2) is 22.7 Å². The molecule has 0 radical (unpaired) electrons. The predicted octanol–water partition coefficient (Wildman–Crippen LogP) is 2.34. The summed E-state index contributed by atoms with van der Waals surface area (Å²) in [7, 11) is 2.67. The zero-order valence-corrected chi connectivity index (χ0v) is 11.2. The Labute approximate surface area is 108 Å². The topological polar surface area (TPSA) is 52.6 Å². The molecule has 0 bridgehead atoms. The van der Waals surface area contributed by atoms with E-state index in [4.69, 9.17) is 0 Å². The van der Waals surface area contributed by atoms with Crippen molar-refractivity contribution in [3.05, 3.63) is 33.8 Å². The fourth-order valence-electron chi connectivity index (χ4n) is 1.41. The number of esters is 2.